The fourth-order valence-corrected chi connectivity index (χ4v) is 6.54. The molecule has 346 valence electrons. The van der Waals surface area contributed by atoms with Crippen LogP contribution >= 0.6 is 7.82 Å². The Hall–Kier alpha value is -3.11. The third-order valence-corrected chi connectivity index (χ3v) is 10.5. The van der Waals surface area contributed by atoms with Crippen molar-refractivity contribution < 1.29 is 46.8 Å². The second kappa shape index (κ2) is 37.4. The highest BCUT2D eigenvalue weighted by atomic mass is 31.2. The number of esters is 2. The number of likely N-dealkylation sites (N-methyl/N-ethyl adjacent to an activating group) is 1. The van der Waals surface area contributed by atoms with E-state index in [1.54, 1.807) is 0 Å². The quantitative estimate of drug-likeness (QED) is 0.0161. The summed E-state index contributed by atoms with van der Waals surface area (Å²) in [7, 11) is 1.38. The van der Waals surface area contributed by atoms with E-state index in [1.165, 1.54) is 38.5 Å². The van der Waals surface area contributed by atoms with E-state index in [0.717, 1.165) is 57.8 Å². The summed E-state index contributed by atoms with van der Waals surface area (Å²) in [5, 5.41) is 0. The van der Waals surface area contributed by atoms with Crippen LogP contribution in [-0.4, -0.2) is 87.1 Å². The van der Waals surface area contributed by atoms with Crippen LogP contribution in [0.15, 0.2) is 97.2 Å². The Morgan fingerprint density at radius 2 is 1.11 bits per heavy atom. The number of carbonyl (C=O) groups excluding carboxylic acids is 2. The van der Waals surface area contributed by atoms with Gasteiger partial charge < -0.3 is 23.6 Å². The molecule has 0 saturated carbocycles. The summed E-state index contributed by atoms with van der Waals surface area (Å²) < 4.78 is 39.9. The number of carbonyl (C=O) groups is 2. The zero-order chi connectivity index (χ0) is 44.7. The monoisotopic (exact) mass is 873 g/mol. The normalized spacial score (nSPS) is 17.7. The number of hydrogen-bond acceptors (Lipinski definition) is 8. The largest absolute Gasteiger partial charge is 0.472 e. The lowest BCUT2D eigenvalue weighted by Crippen LogP contribution is -2.37. The molecule has 0 amide bonds. The van der Waals surface area contributed by atoms with E-state index >= 15 is 0 Å². The first kappa shape index (κ1) is 55.9. The molecule has 1 saturated heterocycles. The SMILES string of the molecule is CC/C=C\CC1OC1C/C=C\C/C=C\C/C=C\C/C=C\CCC(=O)OC[C@H](COP(=O)(O)OCC[N+](C)(C)C)OC(=O)CCC/C=C\C/C=C\C/C=C\CCCCCCCC. The fraction of sp³-hybridized carbons (Fsp3) is 0.640. The van der Waals surface area contributed by atoms with Crippen molar-refractivity contribution in [2.45, 2.75) is 161 Å². The molecule has 11 heteroatoms. The third kappa shape index (κ3) is 38.3. The van der Waals surface area contributed by atoms with Gasteiger partial charge in [0.25, 0.3) is 0 Å². The van der Waals surface area contributed by atoms with Crippen LogP contribution < -0.4 is 0 Å². The number of epoxide rings is 1. The summed E-state index contributed by atoms with van der Waals surface area (Å²) in [6, 6.07) is 0. The lowest BCUT2D eigenvalue weighted by molar-refractivity contribution is -0.870. The van der Waals surface area contributed by atoms with Crippen molar-refractivity contribution in [1.29, 1.82) is 0 Å². The number of hydrogen-bond donors (Lipinski definition) is 1. The fourth-order valence-electron chi connectivity index (χ4n) is 5.80. The van der Waals surface area contributed by atoms with Crippen molar-refractivity contribution in [1.82, 2.24) is 0 Å². The van der Waals surface area contributed by atoms with Crippen LogP contribution in [0, 0.1) is 0 Å². The Labute approximate surface area is 370 Å². The molecule has 0 aromatic rings. The number of ether oxygens (including phenoxy) is 3. The zero-order valence-corrected chi connectivity index (χ0v) is 39.4. The van der Waals surface area contributed by atoms with Gasteiger partial charge in [-0.1, -0.05) is 143 Å². The Morgan fingerprint density at radius 3 is 1.69 bits per heavy atom. The Morgan fingerprint density at radius 1 is 0.607 bits per heavy atom. The van der Waals surface area contributed by atoms with Gasteiger partial charge in [0, 0.05) is 12.8 Å². The molecule has 10 nitrogen and oxygen atoms in total. The zero-order valence-electron chi connectivity index (χ0n) is 38.5. The van der Waals surface area contributed by atoms with E-state index in [0.29, 0.717) is 42.5 Å². The van der Waals surface area contributed by atoms with Crippen molar-refractivity contribution in [3.8, 4) is 0 Å². The highest BCUT2D eigenvalue weighted by Gasteiger charge is 2.36. The molecule has 0 aliphatic carbocycles. The maximum atomic E-state index is 12.7. The van der Waals surface area contributed by atoms with Crippen molar-refractivity contribution in [2.24, 2.45) is 0 Å². The number of unbranched alkanes of at least 4 members (excludes halogenated alkanes) is 7. The summed E-state index contributed by atoms with van der Waals surface area (Å²) in [4.78, 5) is 35.4. The molecule has 1 aliphatic heterocycles. The average Bonchev–Trinajstić information content (AvgIpc) is 3.97. The summed E-state index contributed by atoms with van der Waals surface area (Å²) in [5.41, 5.74) is 0. The summed E-state index contributed by atoms with van der Waals surface area (Å²) in [5.74, 6) is -0.972. The number of quaternary nitrogens is 1. The van der Waals surface area contributed by atoms with Crippen LogP contribution in [0.25, 0.3) is 0 Å². The van der Waals surface area contributed by atoms with E-state index < -0.39 is 32.5 Å². The van der Waals surface area contributed by atoms with Crippen LogP contribution in [0.1, 0.15) is 142 Å². The lowest BCUT2D eigenvalue weighted by atomic mass is 10.1. The maximum absolute atomic E-state index is 12.7. The molecule has 1 N–H and O–H groups in total. The van der Waals surface area contributed by atoms with Gasteiger partial charge in [-0.3, -0.25) is 18.6 Å². The summed E-state index contributed by atoms with van der Waals surface area (Å²) >= 11 is 0. The van der Waals surface area contributed by atoms with E-state index in [2.05, 4.69) is 92.8 Å². The van der Waals surface area contributed by atoms with Gasteiger partial charge in [0.15, 0.2) is 6.10 Å². The number of nitrogens with zero attached hydrogens (tertiary/aromatic N) is 1. The van der Waals surface area contributed by atoms with Gasteiger partial charge >= 0.3 is 19.8 Å². The molecular formula is C50H83NO9P+. The van der Waals surface area contributed by atoms with Crippen LogP contribution in [0.3, 0.4) is 0 Å². The van der Waals surface area contributed by atoms with E-state index in [4.69, 9.17) is 23.3 Å². The van der Waals surface area contributed by atoms with Gasteiger partial charge in [0.05, 0.1) is 40.0 Å². The van der Waals surface area contributed by atoms with E-state index in [-0.39, 0.29) is 26.1 Å². The number of rotatable bonds is 39. The van der Waals surface area contributed by atoms with Gasteiger partial charge in [0.1, 0.15) is 19.8 Å². The number of phosphoric ester groups is 1. The van der Waals surface area contributed by atoms with Crippen LogP contribution in [-0.2, 0) is 37.4 Å². The molecule has 0 radical (unpaired) electrons. The first-order chi connectivity index (χ1) is 29.5. The predicted octanol–water partition coefficient (Wildman–Crippen LogP) is 12.3. The first-order valence-electron chi connectivity index (χ1n) is 23.1. The second-order valence-electron chi connectivity index (χ2n) is 16.4. The van der Waals surface area contributed by atoms with Gasteiger partial charge in [-0.2, -0.15) is 0 Å². The van der Waals surface area contributed by atoms with Gasteiger partial charge in [0.2, 0.25) is 0 Å². The van der Waals surface area contributed by atoms with Crippen LogP contribution in [0.2, 0.25) is 0 Å². The minimum atomic E-state index is -4.42. The standard InChI is InChI=1S/C50H82NO9P/c1-6-8-10-11-12-13-14-15-16-17-18-19-24-27-30-33-37-41-50(53)59-46(45-58-61(54,55)57-43-42-51(3,4)5)44-56-49(52)40-36-32-29-26-23-21-20-22-25-28-31-35-39-48-47(60-48)38-34-9-7-2/h9,15-16,18-19,21-23,25,27,29-32,34-35,46-48H,6-8,10-14,17,20,24,26,28,33,36-45H2,1-5H3/p+1/b16-15-,19-18-,23-21-,25-22-,30-27-,32-29-,34-9-,35-31-/t46-,47?,48?/m1/s1. The molecule has 1 heterocycles. The summed E-state index contributed by atoms with van der Waals surface area (Å²) in [6.45, 7) is 4.12. The van der Waals surface area contributed by atoms with Gasteiger partial charge in [-0.05, 0) is 83.5 Å². The van der Waals surface area contributed by atoms with Crippen molar-refractivity contribution in [2.75, 3.05) is 47.5 Å². The smallest absolute Gasteiger partial charge is 0.462 e. The lowest BCUT2D eigenvalue weighted by Gasteiger charge is -2.24. The van der Waals surface area contributed by atoms with Gasteiger partial charge in [-0.25, -0.2) is 4.57 Å². The molecule has 0 bridgehead atoms. The van der Waals surface area contributed by atoms with E-state index in [1.807, 2.05) is 39.4 Å². The molecule has 0 aromatic heterocycles. The summed E-state index contributed by atoms with van der Waals surface area (Å²) in [6.07, 6.45) is 52.4. The molecule has 3 unspecified atom stereocenters. The molecular weight excluding hydrogens is 790 g/mol. The molecule has 1 fully saturated rings. The molecule has 4 atom stereocenters. The average molecular weight is 873 g/mol. The second-order valence-corrected chi connectivity index (χ2v) is 17.9. The molecule has 1 aliphatic rings. The van der Waals surface area contributed by atoms with E-state index in [9.17, 15) is 19.0 Å². The minimum absolute atomic E-state index is 0.00397. The number of phosphoric acid groups is 1. The molecule has 0 spiro atoms. The van der Waals surface area contributed by atoms with Crippen molar-refractivity contribution >= 4 is 19.8 Å². The van der Waals surface area contributed by atoms with Crippen LogP contribution in [0.4, 0.5) is 0 Å². The van der Waals surface area contributed by atoms with Gasteiger partial charge in [-0.15, -0.1) is 0 Å². The Bertz CT molecular complexity index is 1420. The van der Waals surface area contributed by atoms with Crippen molar-refractivity contribution in [3.05, 3.63) is 97.2 Å². The Balaban J connectivity index is 2.36. The maximum Gasteiger partial charge on any atom is 0.472 e. The predicted molar refractivity (Wildman–Crippen MR) is 251 cm³/mol. The number of allylic oxidation sites excluding steroid dienone is 14. The topological polar surface area (TPSA) is 121 Å². The third-order valence-electron chi connectivity index (χ3n) is 9.51. The van der Waals surface area contributed by atoms with Crippen LogP contribution in [0.5, 0.6) is 0 Å². The molecule has 61 heavy (non-hydrogen) atoms. The highest BCUT2D eigenvalue weighted by Crippen LogP contribution is 2.43. The first-order valence-corrected chi connectivity index (χ1v) is 24.6. The minimum Gasteiger partial charge on any atom is -0.462 e. The Kier molecular flexibility index (Phi) is 34.3. The van der Waals surface area contributed by atoms with Crippen molar-refractivity contribution in [3.63, 3.8) is 0 Å². The molecule has 1 rings (SSSR count). The highest BCUT2D eigenvalue weighted by molar-refractivity contribution is 7.47. The molecule has 0 aromatic carbocycles.